The summed E-state index contributed by atoms with van der Waals surface area (Å²) >= 11 is 0. The van der Waals surface area contributed by atoms with E-state index in [0.717, 1.165) is 27.9 Å². The first-order valence-electron chi connectivity index (χ1n) is 9.84. The zero-order valence-electron chi connectivity index (χ0n) is 16.8. The fraction of sp³-hybridized carbons (Fsp3) is 0.0833. The maximum Gasteiger partial charge on any atom is 0.219 e. The van der Waals surface area contributed by atoms with E-state index < -0.39 is 0 Å². The van der Waals surface area contributed by atoms with Crippen molar-refractivity contribution in [2.75, 3.05) is 11.1 Å². The number of pyridine rings is 1. The molecule has 0 bridgehead atoms. The number of benzene rings is 3. The Morgan fingerprint density at radius 1 is 0.935 bits per heavy atom. The van der Waals surface area contributed by atoms with Gasteiger partial charge in [0.15, 0.2) is 0 Å². The lowest BCUT2D eigenvalue weighted by molar-refractivity contribution is 0.465. The van der Waals surface area contributed by atoms with Crippen molar-refractivity contribution >= 4 is 33.6 Å². The van der Waals surface area contributed by atoms with Gasteiger partial charge in [0.1, 0.15) is 11.6 Å². The molecular weight excluding hydrogens is 393 g/mol. The molecule has 0 saturated heterocycles. The minimum atomic E-state index is -0.282. The Kier molecular flexibility index (Phi) is 4.63. The van der Waals surface area contributed by atoms with E-state index in [-0.39, 0.29) is 5.82 Å². The molecule has 31 heavy (non-hydrogen) atoms. The van der Waals surface area contributed by atoms with E-state index in [9.17, 15) is 4.39 Å². The fourth-order valence-corrected chi connectivity index (χ4v) is 3.48. The average Bonchev–Trinajstić information content (AvgIpc) is 3.08. The number of anilines is 2. The molecule has 0 atom stereocenters. The van der Waals surface area contributed by atoms with Crippen LogP contribution in [0, 0.1) is 5.82 Å². The van der Waals surface area contributed by atoms with Crippen LogP contribution >= 0.6 is 0 Å². The first-order valence-corrected chi connectivity index (χ1v) is 9.84. The molecule has 3 N–H and O–H groups in total. The number of fused-ring (bicyclic) bond motifs is 2. The SMILES string of the molecule is Cn1c(NCc2ccc(Oc3ccc4cc(F)ccc4n3)cc2)nc2ccc(N)cc21. The first kappa shape index (κ1) is 18.9. The minimum absolute atomic E-state index is 0.282. The van der Waals surface area contributed by atoms with Gasteiger partial charge < -0.3 is 20.4 Å². The fourth-order valence-electron chi connectivity index (χ4n) is 3.48. The molecule has 5 rings (SSSR count). The largest absolute Gasteiger partial charge is 0.439 e. The van der Waals surface area contributed by atoms with Gasteiger partial charge in [-0.1, -0.05) is 12.1 Å². The molecule has 0 fully saturated rings. The van der Waals surface area contributed by atoms with E-state index in [2.05, 4.69) is 15.3 Å². The molecule has 2 heterocycles. The average molecular weight is 413 g/mol. The quantitative estimate of drug-likeness (QED) is 0.385. The van der Waals surface area contributed by atoms with Crippen molar-refractivity contribution < 1.29 is 9.13 Å². The number of halogens is 1. The number of hydrogen-bond acceptors (Lipinski definition) is 5. The van der Waals surface area contributed by atoms with Gasteiger partial charge in [-0.2, -0.15) is 0 Å². The Balaban J connectivity index is 1.27. The number of nitrogens with one attached hydrogen (secondary N) is 1. The number of nitrogens with two attached hydrogens (primary N) is 1. The molecule has 0 aliphatic heterocycles. The number of ether oxygens (including phenoxy) is 1. The van der Waals surface area contributed by atoms with Crippen LogP contribution in [0.25, 0.3) is 21.9 Å². The van der Waals surface area contributed by atoms with Crippen LogP contribution in [0.3, 0.4) is 0 Å². The van der Waals surface area contributed by atoms with Gasteiger partial charge in [-0.3, -0.25) is 0 Å². The van der Waals surface area contributed by atoms with Gasteiger partial charge in [0.05, 0.1) is 16.6 Å². The lowest BCUT2D eigenvalue weighted by Crippen LogP contribution is -2.04. The van der Waals surface area contributed by atoms with E-state index in [4.69, 9.17) is 10.5 Å². The summed E-state index contributed by atoms with van der Waals surface area (Å²) in [6.07, 6.45) is 0. The molecule has 0 spiro atoms. The molecule has 154 valence electrons. The van der Waals surface area contributed by atoms with Gasteiger partial charge in [0, 0.05) is 30.7 Å². The zero-order valence-corrected chi connectivity index (χ0v) is 16.8. The van der Waals surface area contributed by atoms with Crippen LogP contribution < -0.4 is 15.8 Å². The van der Waals surface area contributed by atoms with Gasteiger partial charge in [0.25, 0.3) is 0 Å². The standard InChI is InChI=1S/C24H20FN5O/c1-30-22-13-18(26)6-10-21(22)29-24(30)27-14-15-2-7-19(8-3-15)31-23-11-4-16-12-17(25)5-9-20(16)28-23/h2-13H,14,26H2,1H3,(H,27,29). The molecular formula is C24H20FN5O. The number of rotatable bonds is 5. The molecule has 6 nitrogen and oxygen atoms in total. The third-order valence-corrected chi connectivity index (χ3v) is 5.13. The van der Waals surface area contributed by atoms with Crippen molar-refractivity contribution in [2.24, 2.45) is 7.05 Å². The number of hydrogen-bond donors (Lipinski definition) is 2. The highest BCUT2D eigenvalue weighted by atomic mass is 19.1. The van der Waals surface area contributed by atoms with Crippen LogP contribution in [0.5, 0.6) is 11.6 Å². The van der Waals surface area contributed by atoms with Crippen molar-refractivity contribution in [3.05, 3.63) is 84.2 Å². The first-order chi connectivity index (χ1) is 15.0. The topological polar surface area (TPSA) is 78.0 Å². The normalized spacial score (nSPS) is 11.2. The van der Waals surface area contributed by atoms with Crippen LogP contribution in [0.15, 0.2) is 72.8 Å². The Morgan fingerprint density at radius 2 is 1.74 bits per heavy atom. The number of nitrogen functional groups attached to an aromatic ring is 1. The Morgan fingerprint density at radius 3 is 2.58 bits per heavy atom. The lowest BCUT2D eigenvalue weighted by atomic mass is 10.2. The van der Waals surface area contributed by atoms with E-state index in [0.29, 0.717) is 29.4 Å². The number of nitrogens with zero attached hydrogens (tertiary/aromatic N) is 3. The number of aryl methyl sites for hydroxylation is 1. The van der Waals surface area contributed by atoms with E-state index >= 15 is 0 Å². The lowest BCUT2D eigenvalue weighted by Gasteiger charge is -2.09. The summed E-state index contributed by atoms with van der Waals surface area (Å²) in [5.74, 6) is 1.63. The van der Waals surface area contributed by atoms with Crippen LogP contribution in [-0.4, -0.2) is 14.5 Å². The van der Waals surface area contributed by atoms with Gasteiger partial charge in [0.2, 0.25) is 11.8 Å². The Labute approximate surface area is 178 Å². The van der Waals surface area contributed by atoms with Crippen molar-refractivity contribution in [3.8, 4) is 11.6 Å². The summed E-state index contributed by atoms with van der Waals surface area (Å²) < 4.78 is 21.1. The van der Waals surface area contributed by atoms with Crippen LogP contribution in [0.1, 0.15) is 5.56 Å². The highest BCUT2D eigenvalue weighted by Crippen LogP contribution is 2.24. The molecule has 0 aliphatic rings. The van der Waals surface area contributed by atoms with Gasteiger partial charge in [-0.05, 0) is 60.2 Å². The molecule has 7 heteroatoms. The van der Waals surface area contributed by atoms with Gasteiger partial charge >= 0.3 is 0 Å². The molecule has 5 aromatic rings. The van der Waals surface area contributed by atoms with Crippen LogP contribution in [0.2, 0.25) is 0 Å². The summed E-state index contributed by atoms with van der Waals surface area (Å²) in [6, 6.07) is 21.4. The minimum Gasteiger partial charge on any atom is -0.439 e. The third kappa shape index (κ3) is 3.85. The summed E-state index contributed by atoms with van der Waals surface area (Å²) in [7, 11) is 1.96. The molecule has 3 aromatic carbocycles. The molecule has 0 amide bonds. The summed E-state index contributed by atoms with van der Waals surface area (Å²) in [5, 5.41) is 4.09. The summed E-state index contributed by atoms with van der Waals surface area (Å²) in [5.41, 5.74) is 10.2. The van der Waals surface area contributed by atoms with Crippen molar-refractivity contribution in [3.63, 3.8) is 0 Å². The highest BCUT2D eigenvalue weighted by molar-refractivity contribution is 5.82. The number of aromatic nitrogens is 3. The summed E-state index contributed by atoms with van der Waals surface area (Å²) in [6.45, 7) is 0.618. The summed E-state index contributed by atoms with van der Waals surface area (Å²) in [4.78, 5) is 9.04. The van der Waals surface area contributed by atoms with Crippen molar-refractivity contribution in [1.82, 2.24) is 14.5 Å². The zero-order chi connectivity index (χ0) is 21.4. The Bertz CT molecular complexity index is 1400. The van der Waals surface area contributed by atoms with Crippen molar-refractivity contribution in [1.29, 1.82) is 0 Å². The van der Waals surface area contributed by atoms with E-state index in [1.165, 1.54) is 12.1 Å². The molecule has 0 radical (unpaired) electrons. The smallest absolute Gasteiger partial charge is 0.219 e. The highest BCUT2D eigenvalue weighted by Gasteiger charge is 2.08. The third-order valence-electron chi connectivity index (χ3n) is 5.13. The van der Waals surface area contributed by atoms with Gasteiger partial charge in [-0.15, -0.1) is 0 Å². The maximum absolute atomic E-state index is 13.3. The molecule has 2 aromatic heterocycles. The van der Waals surface area contributed by atoms with E-state index in [1.807, 2.05) is 54.1 Å². The Hall–Kier alpha value is -4.13. The van der Waals surface area contributed by atoms with Gasteiger partial charge in [-0.25, -0.2) is 14.4 Å². The van der Waals surface area contributed by atoms with Crippen LogP contribution in [0.4, 0.5) is 16.0 Å². The molecule has 0 aliphatic carbocycles. The predicted octanol–water partition coefficient (Wildman–Crippen LogP) is 5.25. The molecule has 0 saturated carbocycles. The van der Waals surface area contributed by atoms with Crippen molar-refractivity contribution in [2.45, 2.75) is 6.54 Å². The van der Waals surface area contributed by atoms with Crippen LogP contribution in [-0.2, 0) is 13.6 Å². The second-order valence-electron chi connectivity index (χ2n) is 7.33. The van der Waals surface area contributed by atoms with E-state index in [1.54, 1.807) is 18.2 Å². The second kappa shape index (κ2) is 7.60. The molecule has 0 unspecified atom stereocenters. The monoisotopic (exact) mass is 413 g/mol. The maximum atomic E-state index is 13.3. The second-order valence-corrected chi connectivity index (χ2v) is 7.33. The number of imidazole rings is 1. The predicted molar refractivity (Wildman–Crippen MR) is 121 cm³/mol.